The van der Waals surface area contributed by atoms with Crippen LogP contribution >= 0.6 is 11.6 Å². The van der Waals surface area contributed by atoms with E-state index in [2.05, 4.69) is 0 Å². The van der Waals surface area contributed by atoms with Gasteiger partial charge in [-0.2, -0.15) is 4.31 Å². The Morgan fingerprint density at radius 2 is 2.12 bits per heavy atom. The van der Waals surface area contributed by atoms with Gasteiger partial charge in [-0.1, -0.05) is 11.6 Å². The van der Waals surface area contributed by atoms with Gasteiger partial charge >= 0.3 is 0 Å². The summed E-state index contributed by atoms with van der Waals surface area (Å²) in [5.41, 5.74) is 0. The van der Waals surface area contributed by atoms with Crippen molar-refractivity contribution in [1.29, 1.82) is 0 Å². The zero-order valence-electron chi connectivity index (χ0n) is 8.52. The van der Waals surface area contributed by atoms with Crippen molar-refractivity contribution in [3.05, 3.63) is 29.0 Å². The van der Waals surface area contributed by atoms with Gasteiger partial charge in [-0.05, 0) is 18.2 Å². The average Bonchev–Trinajstić information content (AvgIpc) is 2.17. The molecule has 4 nitrogen and oxygen atoms in total. The van der Waals surface area contributed by atoms with E-state index in [0.29, 0.717) is 0 Å². The van der Waals surface area contributed by atoms with Crippen LogP contribution in [0.2, 0.25) is 5.02 Å². The van der Waals surface area contributed by atoms with Gasteiger partial charge in [-0.3, -0.25) is 0 Å². The number of nitrogens with zero attached hydrogens (tertiary/aromatic N) is 1. The smallest absolute Gasteiger partial charge is 0.245 e. The molecule has 0 heterocycles. The van der Waals surface area contributed by atoms with Gasteiger partial charge in [0, 0.05) is 18.6 Å². The first-order valence-corrected chi connectivity index (χ1v) is 6.23. The third kappa shape index (κ3) is 2.70. The number of halogens is 2. The number of aliphatic hydroxyl groups is 1. The fourth-order valence-electron chi connectivity index (χ4n) is 1.11. The molecule has 1 aromatic carbocycles. The first-order valence-electron chi connectivity index (χ1n) is 4.42. The molecule has 0 spiro atoms. The lowest BCUT2D eigenvalue weighted by Crippen LogP contribution is -2.30. The highest BCUT2D eigenvalue weighted by Gasteiger charge is 2.23. The van der Waals surface area contributed by atoms with Crippen LogP contribution in [0.25, 0.3) is 0 Å². The molecule has 16 heavy (non-hydrogen) atoms. The fraction of sp³-hybridized carbons (Fsp3) is 0.333. The Kier molecular flexibility index (Phi) is 4.26. The Labute approximate surface area is 98.3 Å². The van der Waals surface area contributed by atoms with E-state index in [1.54, 1.807) is 0 Å². The fourth-order valence-corrected chi connectivity index (χ4v) is 2.48. The van der Waals surface area contributed by atoms with Crippen molar-refractivity contribution in [3.8, 4) is 0 Å². The number of aliphatic hydroxyl groups excluding tert-OH is 1. The third-order valence-corrected chi connectivity index (χ3v) is 4.12. The monoisotopic (exact) mass is 267 g/mol. The normalized spacial score (nSPS) is 12.1. The second-order valence-corrected chi connectivity index (χ2v) is 5.57. The molecular weight excluding hydrogens is 257 g/mol. The molecule has 0 radical (unpaired) electrons. The minimum atomic E-state index is -3.91. The van der Waals surface area contributed by atoms with Gasteiger partial charge in [0.15, 0.2) is 0 Å². The van der Waals surface area contributed by atoms with Crippen LogP contribution < -0.4 is 0 Å². The van der Waals surface area contributed by atoms with E-state index in [9.17, 15) is 12.8 Å². The largest absolute Gasteiger partial charge is 0.395 e. The maximum Gasteiger partial charge on any atom is 0.245 e. The molecular formula is C9H11ClFNO3S. The van der Waals surface area contributed by atoms with Crippen LogP contribution in [0.15, 0.2) is 23.1 Å². The Hall–Kier alpha value is -0.690. The van der Waals surface area contributed by atoms with Crippen LogP contribution in [0.3, 0.4) is 0 Å². The first-order chi connectivity index (χ1) is 7.39. The Morgan fingerprint density at radius 1 is 1.50 bits per heavy atom. The summed E-state index contributed by atoms with van der Waals surface area (Å²) in [7, 11) is -2.65. The van der Waals surface area contributed by atoms with Gasteiger partial charge in [0.1, 0.15) is 10.7 Å². The zero-order valence-corrected chi connectivity index (χ0v) is 10.1. The second kappa shape index (κ2) is 5.09. The summed E-state index contributed by atoms with van der Waals surface area (Å²) in [6.07, 6.45) is 0. The van der Waals surface area contributed by atoms with Gasteiger partial charge < -0.3 is 5.11 Å². The molecule has 1 N–H and O–H groups in total. The van der Waals surface area contributed by atoms with Crippen LogP contribution in [0, 0.1) is 5.82 Å². The summed E-state index contributed by atoms with van der Waals surface area (Å²) < 4.78 is 37.8. The molecule has 0 aromatic heterocycles. The van der Waals surface area contributed by atoms with Crippen LogP contribution in [0.1, 0.15) is 0 Å². The number of benzene rings is 1. The van der Waals surface area contributed by atoms with E-state index in [-0.39, 0.29) is 18.2 Å². The number of likely N-dealkylation sites (N-methyl/N-ethyl adjacent to an activating group) is 1. The van der Waals surface area contributed by atoms with Crippen molar-refractivity contribution in [1.82, 2.24) is 4.31 Å². The second-order valence-electron chi connectivity index (χ2n) is 3.12. The van der Waals surface area contributed by atoms with Gasteiger partial charge in [0.2, 0.25) is 10.0 Å². The molecule has 0 aliphatic heterocycles. The number of sulfonamides is 1. The molecule has 0 amide bonds. The standard InChI is InChI=1S/C9H11ClFNO3S/c1-12(4-5-13)16(14,15)9-3-2-7(10)6-8(9)11/h2-3,6,13H,4-5H2,1H3. The first kappa shape index (κ1) is 13.4. The molecule has 0 atom stereocenters. The van der Waals surface area contributed by atoms with E-state index >= 15 is 0 Å². The van der Waals surface area contributed by atoms with Crippen molar-refractivity contribution in [2.45, 2.75) is 4.90 Å². The van der Waals surface area contributed by atoms with Crippen molar-refractivity contribution >= 4 is 21.6 Å². The Balaban J connectivity index is 3.17. The Bertz CT molecular complexity index is 478. The maximum atomic E-state index is 13.4. The lowest BCUT2D eigenvalue weighted by atomic mass is 10.3. The molecule has 0 saturated heterocycles. The summed E-state index contributed by atoms with van der Waals surface area (Å²) in [5, 5.41) is 8.77. The summed E-state index contributed by atoms with van der Waals surface area (Å²) in [5.74, 6) is -0.905. The summed E-state index contributed by atoms with van der Waals surface area (Å²) >= 11 is 5.52. The van der Waals surface area contributed by atoms with E-state index < -0.39 is 20.7 Å². The molecule has 0 saturated carbocycles. The van der Waals surface area contributed by atoms with Gasteiger partial charge in [-0.25, -0.2) is 12.8 Å². The van der Waals surface area contributed by atoms with Crippen LogP contribution in [0.4, 0.5) is 4.39 Å². The number of hydrogen-bond acceptors (Lipinski definition) is 3. The number of rotatable bonds is 4. The minimum absolute atomic E-state index is 0.0929. The highest BCUT2D eigenvalue weighted by atomic mass is 35.5. The predicted molar refractivity (Wildman–Crippen MR) is 58.3 cm³/mol. The molecule has 0 fully saturated rings. The topological polar surface area (TPSA) is 57.6 Å². The van der Waals surface area contributed by atoms with Gasteiger partial charge in [0.25, 0.3) is 0 Å². The van der Waals surface area contributed by atoms with E-state index in [1.165, 1.54) is 13.1 Å². The lowest BCUT2D eigenvalue weighted by molar-refractivity contribution is 0.266. The summed E-state index contributed by atoms with van der Waals surface area (Å²) in [6, 6.07) is 3.33. The molecule has 1 rings (SSSR count). The molecule has 0 aliphatic carbocycles. The van der Waals surface area contributed by atoms with E-state index in [0.717, 1.165) is 16.4 Å². The molecule has 0 unspecified atom stereocenters. The van der Waals surface area contributed by atoms with Crippen LogP contribution in [-0.4, -0.2) is 38.0 Å². The molecule has 1 aromatic rings. The van der Waals surface area contributed by atoms with Crippen molar-refractivity contribution in [2.75, 3.05) is 20.2 Å². The summed E-state index contributed by atoms with van der Waals surface area (Å²) in [6.45, 7) is -0.421. The molecule has 90 valence electrons. The van der Waals surface area contributed by atoms with E-state index in [4.69, 9.17) is 16.7 Å². The lowest BCUT2D eigenvalue weighted by Gasteiger charge is -2.16. The Morgan fingerprint density at radius 3 is 2.62 bits per heavy atom. The van der Waals surface area contributed by atoms with Crippen LogP contribution in [-0.2, 0) is 10.0 Å². The number of hydrogen-bond donors (Lipinski definition) is 1. The predicted octanol–water partition coefficient (Wildman–Crippen LogP) is 1.09. The van der Waals surface area contributed by atoms with Gasteiger partial charge in [-0.15, -0.1) is 0 Å². The summed E-state index contributed by atoms with van der Waals surface area (Å²) in [4.78, 5) is -0.451. The average molecular weight is 268 g/mol. The van der Waals surface area contributed by atoms with Crippen molar-refractivity contribution in [2.24, 2.45) is 0 Å². The zero-order chi connectivity index (χ0) is 12.3. The van der Waals surface area contributed by atoms with Crippen molar-refractivity contribution < 1.29 is 17.9 Å². The van der Waals surface area contributed by atoms with Crippen LogP contribution in [0.5, 0.6) is 0 Å². The minimum Gasteiger partial charge on any atom is -0.395 e. The third-order valence-electron chi connectivity index (χ3n) is 2.00. The highest BCUT2D eigenvalue weighted by molar-refractivity contribution is 7.89. The van der Waals surface area contributed by atoms with Crippen molar-refractivity contribution in [3.63, 3.8) is 0 Å². The maximum absolute atomic E-state index is 13.4. The molecule has 0 aliphatic rings. The quantitative estimate of drug-likeness (QED) is 0.889. The molecule has 7 heteroatoms. The highest BCUT2D eigenvalue weighted by Crippen LogP contribution is 2.21. The molecule has 0 bridgehead atoms. The van der Waals surface area contributed by atoms with Gasteiger partial charge in [0.05, 0.1) is 6.61 Å². The van der Waals surface area contributed by atoms with E-state index in [1.807, 2.05) is 0 Å². The SMILES string of the molecule is CN(CCO)S(=O)(=O)c1ccc(Cl)cc1F.